The summed E-state index contributed by atoms with van der Waals surface area (Å²) < 4.78 is 22.4. The maximum absolute atomic E-state index is 13.5. The summed E-state index contributed by atoms with van der Waals surface area (Å²) in [6, 6.07) is 7.95. The van der Waals surface area contributed by atoms with Crippen LogP contribution in [0.1, 0.15) is 49.9 Å². The van der Waals surface area contributed by atoms with Crippen molar-refractivity contribution in [2.75, 3.05) is 47.5 Å². The molecule has 2 heterocycles. The maximum atomic E-state index is 13.5. The lowest BCUT2D eigenvalue weighted by molar-refractivity contribution is -0.140. The molecule has 39 heavy (non-hydrogen) atoms. The average Bonchev–Trinajstić information content (AvgIpc) is 3.44. The Morgan fingerprint density at radius 1 is 1.05 bits per heavy atom. The number of ether oxygens (including phenoxy) is 4. The molecule has 210 valence electrons. The van der Waals surface area contributed by atoms with Crippen LogP contribution in [-0.2, 0) is 16.0 Å². The van der Waals surface area contributed by atoms with E-state index in [-0.39, 0.29) is 17.4 Å². The minimum atomic E-state index is -0.834. The van der Waals surface area contributed by atoms with Gasteiger partial charge in [0.25, 0.3) is 11.7 Å². The van der Waals surface area contributed by atoms with E-state index < -0.39 is 17.7 Å². The molecule has 2 aliphatic rings. The number of carbonyl (C=O) groups is 2. The average molecular weight is 539 g/mol. The summed E-state index contributed by atoms with van der Waals surface area (Å²) in [5.74, 6) is 0.355. The second-order valence-electron chi connectivity index (χ2n) is 9.79. The quantitative estimate of drug-likeness (QED) is 0.258. The Hall–Kier alpha value is -3.72. The minimum Gasteiger partial charge on any atom is -0.507 e. The third-order valence-corrected chi connectivity index (χ3v) is 7.48. The van der Waals surface area contributed by atoms with Gasteiger partial charge in [-0.1, -0.05) is 13.8 Å². The van der Waals surface area contributed by atoms with Gasteiger partial charge in [0.15, 0.2) is 11.5 Å². The predicted molar refractivity (Wildman–Crippen MR) is 148 cm³/mol. The molecule has 1 saturated heterocycles. The van der Waals surface area contributed by atoms with Gasteiger partial charge in [-0.3, -0.25) is 9.59 Å². The third-order valence-electron chi connectivity index (χ3n) is 7.48. The van der Waals surface area contributed by atoms with Gasteiger partial charge in [-0.2, -0.15) is 0 Å². The molecule has 0 radical (unpaired) electrons. The zero-order chi connectivity index (χ0) is 28.3. The van der Waals surface area contributed by atoms with Crippen LogP contribution in [0.3, 0.4) is 0 Å². The van der Waals surface area contributed by atoms with Gasteiger partial charge in [0.2, 0.25) is 5.75 Å². The summed E-state index contributed by atoms with van der Waals surface area (Å²) in [5.41, 5.74) is 2.02. The minimum absolute atomic E-state index is 0.0315. The summed E-state index contributed by atoms with van der Waals surface area (Å²) in [4.78, 5) is 30.7. The van der Waals surface area contributed by atoms with E-state index in [4.69, 9.17) is 18.9 Å². The fraction of sp³-hybridized carbons (Fsp3) is 0.467. The van der Waals surface area contributed by atoms with Crippen molar-refractivity contribution in [3.63, 3.8) is 0 Å². The number of amides is 1. The molecule has 0 saturated carbocycles. The fourth-order valence-electron chi connectivity index (χ4n) is 5.45. The number of benzene rings is 2. The summed E-state index contributed by atoms with van der Waals surface area (Å²) >= 11 is 0. The zero-order valence-electron chi connectivity index (χ0n) is 23.6. The smallest absolute Gasteiger partial charge is 0.295 e. The second-order valence-corrected chi connectivity index (χ2v) is 9.79. The molecule has 0 bridgehead atoms. The van der Waals surface area contributed by atoms with E-state index in [0.717, 1.165) is 30.9 Å². The summed E-state index contributed by atoms with van der Waals surface area (Å²) in [5, 5.41) is 11.5. The highest BCUT2D eigenvalue weighted by Gasteiger charge is 2.46. The van der Waals surface area contributed by atoms with Gasteiger partial charge < -0.3 is 33.9 Å². The van der Waals surface area contributed by atoms with Gasteiger partial charge >= 0.3 is 0 Å². The molecule has 0 aliphatic carbocycles. The van der Waals surface area contributed by atoms with Gasteiger partial charge in [0.05, 0.1) is 32.9 Å². The van der Waals surface area contributed by atoms with E-state index in [1.165, 1.54) is 26.2 Å². The topological polar surface area (TPSA) is 97.8 Å². The number of nitrogens with zero attached hydrogens (tertiary/aromatic N) is 2. The van der Waals surface area contributed by atoms with E-state index in [0.29, 0.717) is 47.8 Å². The van der Waals surface area contributed by atoms with E-state index >= 15 is 0 Å². The molecule has 1 fully saturated rings. The third kappa shape index (κ3) is 5.41. The molecule has 9 heteroatoms. The number of carbonyl (C=O) groups excluding carboxylic acids is 2. The Bertz CT molecular complexity index is 1240. The Labute approximate surface area is 229 Å². The van der Waals surface area contributed by atoms with Crippen LogP contribution in [0.15, 0.2) is 35.9 Å². The van der Waals surface area contributed by atoms with E-state index in [9.17, 15) is 14.7 Å². The van der Waals surface area contributed by atoms with Gasteiger partial charge in [0.1, 0.15) is 17.6 Å². The molecule has 2 aliphatic heterocycles. The molecular weight excluding hydrogens is 500 g/mol. The second kappa shape index (κ2) is 12.0. The normalized spacial score (nSPS) is 19.8. The molecule has 9 nitrogen and oxygen atoms in total. The lowest BCUT2D eigenvalue weighted by atomic mass is 9.94. The van der Waals surface area contributed by atoms with Crippen LogP contribution in [0.4, 0.5) is 0 Å². The zero-order valence-corrected chi connectivity index (χ0v) is 23.6. The molecule has 0 aromatic heterocycles. The number of likely N-dealkylation sites (tertiary alicyclic amines) is 1. The number of methoxy groups -OCH3 is 3. The van der Waals surface area contributed by atoms with Crippen LogP contribution in [-0.4, -0.2) is 80.2 Å². The highest BCUT2D eigenvalue weighted by atomic mass is 16.5. The van der Waals surface area contributed by atoms with Crippen molar-refractivity contribution in [3.05, 3.63) is 52.6 Å². The Morgan fingerprint density at radius 3 is 2.31 bits per heavy atom. The monoisotopic (exact) mass is 538 g/mol. The van der Waals surface area contributed by atoms with Crippen molar-refractivity contribution in [2.24, 2.45) is 0 Å². The van der Waals surface area contributed by atoms with Gasteiger partial charge in [-0.15, -0.1) is 0 Å². The van der Waals surface area contributed by atoms with Gasteiger partial charge in [0, 0.05) is 18.5 Å². The van der Waals surface area contributed by atoms with Crippen LogP contribution in [0.2, 0.25) is 0 Å². The molecule has 1 amide bonds. The van der Waals surface area contributed by atoms with E-state index in [1.807, 2.05) is 13.0 Å². The first kappa shape index (κ1) is 28.3. The molecule has 1 N–H and O–H groups in total. The largest absolute Gasteiger partial charge is 0.507 e. The fourth-order valence-corrected chi connectivity index (χ4v) is 5.45. The number of ketones is 1. The van der Waals surface area contributed by atoms with Crippen molar-refractivity contribution in [2.45, 2.75) is 45.8 Å². The number of Topliss-reactive ketones (excluding diaryl/α,β-unsaturated/α-hetero) is 1. The van der Waals surface area contributed by atoms with Crippen molar-refractivity contribution in [1.82, 2.24) is 9.80 Å². The number of rotatable bonds is 11. The maximum Gasteiger partial charge on any atom is 0.295 e. The Morgan fingerprint density at radius 2 is 1.72 bits per heavy atom. The first-order valence-corrected chi connectivity index (χ1v) is 13.4. The van der Waals surface area contributed by atoms with Crippen LogP contribution < -0.4 is 18.9 Å². The van der Waals surface area contributed by atoms with Crippen LogP contribution in [0.5, 0.6) is 23.0 Å². The highest BCUT2D eigenvalue weighted by Crippen LogP contribution is 2.46. The molecule has 0 spiro atoms. The van der Waals surface area contributed by atoms with Crippen molar-refractivity contribution in [3.8, 4) is 23.0 Å². The molecular formula is C30H38N2O7. The summed E-state index contributed by atoms with van der Waals surface area (Å²) in [7, 11) is 4.53. The number of hydrogen-bond donors (Lipinski definition) is 1. The first-order valence-electron chi connectivity index (χ1n) is 13.4. The van der Waals surface area contributed by atoms with E-state index in [1.54, 1.807) is 24.3 Å². The number of aliphatic hydroxyl groups excluding tert-OH is 1. The Kier molecular flexibility index (Phi) is 8.70. The summed E-state index contributed by atoms with van der Waals surface area (Å²) in [6.45, 7) is 9.07. The molecule has 2 atom stereocenters. The van der Waals surface area contributed by atoms with Crippen molar-refractivity contribution >= 4 is 17.4 Å². The standard InChI is InChI=1S/C30H38N2O7/c1-7-31(8-2)12-9-13-32-26(21-16-23(36-4)29(38-6)24(17-21)37-5)25(28(34)30(32)35)27(33)19-10-11-22-20(15-19)14-18(3)39-22/h10-11,15-18,26,33H,7-9,12-14H2,1-6H3/b27-25-. The first-order chi connectivity index (χ1) is 18.8. The van der Waals surface area contributed by atoms with Crippen LogP contribution in [0.25, 0.3) is 5.76 Å². The van der Waals surface area contributed by atoms with Gasteiger partial charge in [-0.05, 0) is 74.4 Å². The highest BCUT2D eigenvalue weighted by molar-refractivity contribution is 6.46. The lowest BCUT2D eigenvalue weighted by Crippen LogP contribution is -2.33. The van der Waals surface area contributed by atoms with E-state index in [2.05, 4.69) is 18.7 Å². The van der Waals surface area contributed by atoms with Crippen molar-refractivity contribution < 1.29 is 33.6 Å². The van der Waals surface area contributed by atoms with Crippen molar-refractivity contribution in [1.29, 1.82) is 0 Å². The number of hydrogen-bond acceptors (Lipinski definition) is 8. The predicted octanol–water partition coefficient (Wildman–Crippen LogP) is 4.19. The summed E-state index contributed by atoms with van der Waals surface area (Å²) in [6.07, 6.45) is 1.41. The van der Waals surface area contributed by atoms with Crippen LogP contribution in [0, 0.1) is 0 Å². The number of aliphatic hydroxyl groups is 1. The SMILES string of the molecule is CCN(CC)CCCN1C(=O)C(=O)/C(=C(\O)c2ccc3c(c2)CC(C)O3)C1c1cc(OC)c(OC)c(OC)c1. The Balaban J connectivity index is 1.83. The molecule has 2 aromatic carbocycles. The lowest BCUT2D eigenvalue weighted by Gasteiger charge is -2.27. The molecule has 2 unspecified atom stereocenters. The number of fused-ring (bicyclic) bond motifs is 1. The molecule has 2 aromatic rings. The molecule has 4 rings (SSSR count). The van der Waals surface area contributed by atoms with Crippen LogP contribution >= 0.6 is 0 Å². The van der Waals surface area contributed by atoms with Gasteiger partial charge in [-0.25, -0.2) is 0 Å².